The van der Waals surface area contributed by atoms with Crippen LogP contribution in [0, 0.1) is 0 Å². The predicted molar refractivity (Wildman–Crippen MR) is 112 cm³/mol. The maximum Gasteiger partial charge on any atom is 0.261 e. The van der Waals surface area contributed by atoms with E-state index in [9.17, 15) is 9.59 Å². The zero-order valence-electron chi connectivity index (χ0n) is 16.6. The molecule has 0 fully saturated rings. The maximum absolute atomic E-state index is 12.6. The molecule has 2 N–H and O–H groups in total. The lowest BCUT2D eigenvalue weighted by Crippen LogP contribution is -2.29. The molecule has 0 bridgehead atoms. The van der Waals surface area contributed by atoms with Gasteiger partial charge in [-0.05, 0) is 48.0 Å². The highest BCUT2D eigenvalue weighted by Crippen LogP contribution is 2.35. The molecular formula is C23H20N2O6. The van der Waals surface area contributed by atoms with Gasteiger partial charge in [-0.25, -0.2) is 0 Å². The number of fused-ring (bicyclic) bond motifs is 2. The Balaban J connectivity index is 1.29. The van der Waals surface area contributed by atoms with Crippen molar-refractivity contribution in [1.82, 2.24) is 10.3 Å². The highest BCUT2D eigenvalue weighted by atomic mass is 16.7. The fraction of sp³-hybridized carbons (Fsp3) is 0.217. The third-order valence-corrected chi connectivity index (χ3v) is 5.10. The van der Waals surface area contributed by atoms with Gasteiger partial charge in [0.15, 0.2) is 23.0 Å². The van der Waals surface area contributed by atoms with Crippen LogP contribution in [0.2, 0.25) is 0 Å². The van der Waals surface area contributed by atoms with Crippen molar-refractivity contribution in [3.05, 3.63) is 70.0 Å². The van der Waals surface area contributed by atoms with Crippen molar-refractivity contribution >= 4 is 5.91 Å². The topological polar surface area (TPSA) is 98.9 Å². The van der Waals surface area contributed by atoms with Gasteiger partial charge in [0.25, 0.3) is 11.5 Å². The number of carbonyl (C=O) groups is 1. The molecule has 0 aliphatic carbocycles. The van der Waals surface area contributed by atoms with Crippen LogP contribution < -0.4 is 29.8 Å². The third kappa shape index (κ3) is 3.92. The summed E-state index contributed by atoms with van der Waals surface area (Å²) in [5.74, 6) is 2.19. The SMILES string of the molecule is O=C(NCc1ccc2c(c1)OCCCO2)c1ccc(-c2ccc3c(c2)OCO3)[nH]c1=O. The molecule has 0 saturated heterocycles. The van der Waals surface area contributed by atoms with Gasteiger partial charge in [-0.2, -0.15) is 0 Å². The molecule has 2 aliphatic rings. The number of nitrogens with one attached hydrogen (secondary N) is 2. The lowest BCUT2D eigenvalue weighted by atomic mass is 10.1. The van der Waals surface area contributed by atoms with E-state index >= 15 is 0 Å². The summed E-state index contributed by atoms with van der Waals surface area (Å²) in [6.07, 6.45) is 0.825. The molecule has 0 spiro atoms. The minimum atomic E-state index is -0.466. The summed E-state index contributed by atoms with van der Waals surface area (Å²) in [4.78, 5) is 27.8. The van der Waals surface area contributed by atoms with Gasteiger partial charge in [-0.3, -0.25) is 9.59 Å². The number of aromatic amines is 1. The summed E-state index contributed by atoms with van der Waals surface area (Å²) in [6.45, 7) is 1.65. The molecular weight excluding hydrogens is 400 g/mol. The van der Waals surface area contributed by atoms with Crippen LogP contribution in [0.4, 0.5) is 0 Å². The van der Waals surface area contributed by atoms with Crippen molar-refractivity contribution in [2.24, 2.45) is 0 Å². The van der Waals surface area contributed by atoms with E-state index in [2.05, 4.69) is 10.3 Å². The quantitative estimate of drug-likeness (QED) is 0.674. The van der Waals surface area contributed by atoms with E-state index in [1.165, 1.54) is 6.07 Å². The lowest BCUT2D eigenvalue weighted by Gasteiger charge is -2.10. The molecule has 158 valence electrons. The molecule has 2 aliphatic heterocycles. The second-order valence-electron chi connectivity index (χ2n) is 7.20. The summed E-state index contributed by atoms with van der Waals surface area (Å²) in [6, 6.07) is 14.1. The normalized spacial score (nSPS) is 14.1. The molecule has 0 unspecified atom stereocenters. The number of carbonyl (C=O) groups excluding carboxylic acids is 1. The Bertz CT molecular complexity index is 1200. The summed E-state index contributed by atoms with van der Waals surface area (Å²) < 4.78 is 22.0. The van der Waals surface area contributed by atoms with E-state index < -0.39 is 11.5 Å². The molecule has 0 radical (unpaired) electrons. The van der Waals surface area contributed by atoms with Gasteiger partial charge in [0, 0.05) is 24.2 Å². The van der Waals surface area contributed by atoms with Gasteiger partial charge < -0.3 is 29.2 Å². The molecule has 1 aromatic heterocycles. The maximum atomic E-state index is 12.6. The third-order valence-electron chi connectivity index (χ3n) is 5.10. The van der Waals surface area contributed by atoms with Crippen LogP contribution in [0.15, 0.2) is 53.3 Å². The van der Waals surface area contributed by atoms with Gasteiger partial charge in [0.2, 0.25) is 6.79 Å². The number of hydrogen-bond acceptors (Lipinski definition) is 6. The molecule has 1 amide bonds. The lowest BCUT2D eigenvalue weighted by molar-refractivity contribution is 0.0949. The van der Waals surface area contributed by atoms with E-state index in [-0.39, 0.29) is 18.9 Å². The predicted octanol–water partition coefficient (Wildman–Crippen LogP) is 2.86. The number of pyridine rings is 1. The largest absolute Gasteiger partial charge is 0.490 e. The number of hydrogen-bond donors (Lipinski definition) is 2. The first-order valence-electron chi connectivity index (χ1n) is 9.97. The summed E-state index contributed by atoms with van der Waals surface area (Å²) >= 11 is 0. The van der Waals surface area contributed by atoms with Gasteiger partial charge in [-0.1, -0.05) is 6.07 Å². The van der Waals surface area contributed by atoms with E-state index in [0.29, 0.717) is 41.9 Å². The molecule has 31 heavy (non-hydrogen) atoms. The van der Waals surface area contributed by atoms with Crippen LogP contribution in [0.1, 0.15) is 22.3 Å². The number of benzene rings is 2. The van der Waals surface area contributed by atoms with Crippen molar-refractivity contribution < 1.29 is 23.7 Å². The highest BCUT2D eigenvalue weighted by molar-refractivity contribution is 5.94. The Morgan fingerprint density at radius 2 is 1.61 bits per heavy atom. The number of H-pyrrole nitrogens is 1. The average Bonchev–Trinajstić information content (AvgIpc) is 3.13. The van der Waals surface area contributed by atoms with Crippen molar-refractivity contribution in [3.63, 3.8) is 0 Å². The van der Waals surface area contributed by atoms with Crippen LogP contribution in [-0.4, -0.2) is 30.9 Å². The average molecular weight is 420 g/mol. The first kappa shape index (κ1) is 19.0. The molecule has 3 heterocycles. The number of aromatic nitrogens is 1. The molecule has 0 atom stereocenters. The summed E-state index contributed by atoms with van der Waals surface area (Å²) in [7, 11) is 0. The monoisotopic (exact) mass is 420 g/mol. The van der Waals surface area contributed by atoms with Crippen LogP contribution in [0.25, 0.3) is 11.3 Å². The van der Waals surface area contributed by atoms with Gasteiger partial charge in [0.05, 0.1) is 13.2 Å². The number of ether oxygens (including phenoxy) is 4. The molecule has 2 aromatic carbocycles. The Morgan fingerprint density at radius 1 is 0.871 bits per heavy atom. The van der Waals surface area contributed by atoms with Crippen LogP contribution in [0.3, 0.4) is 0 Å². The van der Waals surface area contributed by atoms with Crippen molar-refractivity contribution in [1.29, 1.82) is 0 Å². The molecule has 3 aromatic rings. The molecule has 8 heteroatoms. The molecule has 0 saturated carbocycles. The standard InChI is InChI=1S/C23H20N2O6/c26-22(24-12-14-2-6-18-20(10-14)29-9-1-8-28-18)16-4-5-17(25-23(16)27)15-3-7-19-21(11-15)31-13-30-19/h2-7,10-11H,1,8-9,12-13H2,(H,24,26)(H,25,27). The van der Waals surface area contributed by atoms with E-state index in [1.54, 1.807) is 18.2 Å². The highest BCUT2D eigenvalue weighted by Gasteiger charge is 2.16. The van der Waals surface area contributed by atoms with Crippen molar-refractivity contribution in [2.45, 2.75) is 13.0 Å². The van der Waals surface area contributed by atoms with Crippen LogP contribution >= 0.6 is 0 Å². The fourth-order valence-electron chi connectivity index (χ4n) is 3.48. The Kier molecular flexibility index (Phi) is 4.95. The van der Waals surface area contributed by atoms with Gasteiger partial charge >= 0.3 is 0 Å². The molecule has 5 rings (SSSR count). The summed E-state index contributed by atoms with van der Waals surface area (Å²) in [5, 5.41) is 2.78. The van der Waals surface area contributed by atoms with Gasteiger partial charge in [-0.15, -0.1) is 0 Å². The molecule has 8 nitrogen and oxygen atoms in total. The Morgan fingerprint density at radius 3 is 2.48 bits per heavy atom. The zero-order valence-corrected chi connectivity index (χ0v) is 16.6. The van der Waals surface area contributed by atoms with Crippen LogP contribution in [0.5, 0.6) is 23.0 Å². The smallest absolute Gasteiger partial charge is 0.261 e. The number of amides is 1. The second kappa shape index (κ2) is 8.06. The minimum Gasteiger partial charge on any atom is -0.490 e. The number of rotatable bonds is 4. The van der Waals surface area contributed by atoms with Crippen molar-refractivity contribution in [2.75, 3.05) is 20.0 Å². The van der Waals surface area contributed by atoms with E-state index in [0.717, 1.165) is 17.5 Å². The van der Waals surface area contributed by atoms with E-state index in [1.807, 2.05) is 24.3 Å². The fourth-order valence-corrected chi connectivity index (χ4v) is 3.48. The van der Waals surface area contributed by atoms with Crippen molar-refractivity contribution in [3.8, 4) is 34.3 Å². The van der Waals surface area contributed by atoms with Crippen LogP contribution in [-0.2, 0) is 6.54 Å². The minimum absolute atomic E-state index is 0.0406. The van der Waals surface area contributed by atoms with Gasteiger partial charge in [0.1, 0.15) is 5.56 Å². The Labute approximate surface area is 177 Å². The zero-order chi connectivity index (χ0) is 21.2. The van der Waals surface area contributed by atoms with E-state index in [4.69, 9.17) is 18.9 Å². The summed E-state index contributed by atoms with van der Waals surface area (Å²) in [5.41, 5.74) is 1.78. The second-order valence-corrected chi connectivity index (χ2v) is 7.20. The Hall–Kier alpha value is -3.94. The first-order valence-corrected chi connectivity index (χ1v) is 9.97. The first-order chi connectivity index (χ1) is 15.2.